The molecule has 8 aliphatic rings. The van der Waals surface area contributed by atoms with Crippen LogP contribution in [-0.2, 0) is 215 Å². The fraction of sp³-hybridized carbons (Fsp3) is 0.889. The molecule has 0 bridgehead atoms. The molecule has 0 spiro atoms. The number of carbonyl (C=O) groups excluding carboxylic acids is 2. The molecule has 8 fully saturated rings. The topological polar surface area (TPSA) is 93.1 Å². The van der Waals surface area contributed by atoms with Gasteiger partial charge in [-0.15, -0.1) is 0 Å². The second kappa shape index (κ2) is 26.9. The van der Waals surface area contributed by atoms with Crippen LogP contribution in [0.1, 0.15) is 184 Å². The van der Waals surface area contributed by atoms with Crippen LogP contribution in [0.25, 0.3) is 0 Å². The number of ether oxygens (including phenoxy) is 2. The summed E-state index contributed by atoms with van der Waals surface area (Å²) in [6.45, 7) is 22.2. The molecule has 8 saturated carbocycles. The van der Waals surface area contributed by atoms with Crippen molar-refractivity contribution in [2.75, 3.05) is 6.61 Å². The van der Waals surface area contributed by atoms with Gasteiger partial charge in [0.2, 0.25) is 0 Å². The zero-order valence-corrected chi connectivity index (χ0v) is 60.0. The molecule has 19 atom stereocenters. The molecule has 0 aromatic carbocycles. The number of hydrogen-bond donors (Lipinski definition) is 2. The number of fused-ring (bicyclic) bond motifs is 10. The zero-order chi connectivity index (χ0) is 43.0. The largest absolute Gasteiger partial charge is 0.462 e. The fourth-order valence-corrected chi connectivity index (χ4v) is 17.6. The molecule has 6 nitrogen and oxygen atoms in total. The molecule has 0 amide bonds. The molecule has 0 saturated heterocycles. The van der Waals surface area contributed by atoms with Gasteiger partial charge in [0.1, 0.15) is 12.7 Å². The van der Waals surface area contributed by atoms with Crippen LogP contribution in [0.15, 0.2) is 0 Å². The molecule has 66 heavy (non-hydrogen) atoms. The number of aliphatic hydroxyl groups excluding tert-OH is 2. The van der Waals surface area contributed by atoms with Crippen LogP contribution in [0, 0.1) is 117 Å². The van der Waals surface area contributed by atoms with Crippen molar-refractivity contribution in [3.05, 3.63) is 25.7 Å². The van der Waals surface area contributed by atoms with E-state index in [0.717, 1.165) is 77.0 Å². The van der Waals surface area contributed by atoms with E-state index in [4.69, 9.17) is 9.47 Å². The first-order valence-corrected chi connectivity index (χ1v) is 25.4. The quantitative estimate of drug-likeness (QED) is 0.149. The van der Waals surface area contributed by atoms with Crippen molar-refractivity contribution in [3.63, 3.8) is 0 Å². The predicted octanol–water partition coefficient (Wildman–Crippen LogP) is 11.7. The maximum absolute atomic E-state index is 13.3. The molecular weight excluding hydrogens is 1280 g/mol. The van der Waals surface area contributed by atoms with Gasteiger partial charge in [-0.3, -0.25) is 9.59 Å². The van der Waals surface area contributed by atoms with E-state index in [9.17, 15) is 19.8 Å². The summed E-state index contributed by atoms with van der Waals surface area (Å²) in [5, 5.41) is 21.0. The van der Waals surface area contributed by atoms with Gasteiger partial charge in [-0.25, -0.2) is 0 Å². The summed E-state index contributed by atoms with van der Waals surface area (Å²) in [7, 11) is 0. The maximum atomic E-state index is 13.3. The Morgan fingerprint density at radius 3 is 1.42 bits per heavy atom. The van der Waals surface area contributed by atoms with Gasteiger partial charge >= 0.3 is 11.9 Å². The molecule has 0 aromatic heterocycles. The summed E-state index contributed by atoms with van der Waals surface area (Å²) < 4.78 is 11.8. The molecule has 6 radical (unpaired) electrons. The second-order valence-electron chi connectivity index (χ2n) is 24.3. The number of aliphatic hydroxyl groups is 2. The summed E-state index contributed by atoms with van der Waals surface area (Å²) >= 11 is 0. The molecular formula is C54H86O6Y6-4. The van der Waals surface area contributed by atoms with Gasteiger partial charge in [0.25, 0.3) is 0 Å². The molecule has 8 rings (SSSR count). The SMILES string of the molecule is CCC(COC(=O)CC[C@@H](C)[C@H]1CC[C@H]2C3[CH-]CC4C[C@H](O)CC[C@]4(C)[C@@]3(C)C[CH-][C@]12C)OC(=O)CC[C@@H](C)[C@H]1CC[C@H]2C3[CH-]CC4C[C@H](O)CC[C@]4(C)[C@@]3(C)C[CH-][C@]12C.[Y].[Y].[Y].[Y].[Y].[Y]. The van der Waals surface area contributed by atoms with Crippen molar-refractivity contribution < 1.29 is 226 Å². The Morgan fingerprint density at radius 2 is 1.02 bits per heavy atom. The number of rotatable bonds is 12. The Bertz CT molecular complexity index is 1590. The van der Waals surface area contributed by atoms with E-state index in [-0.39, 0.29) is 259 Å². The van der Waals surface area contributed by atoms with E-state index in [1.165, 1.54) is 25.7 Å². The Morgan fingerprint density at radius 1 is 0.606 bits per heavy atom. The summed E-state index contributed by atoms with van der Waals surface area (Å²) in [4.78, 5) is 26.4. The van der Waals surface area contributed by atoms with Gasteiger partial charge in [-0.2, -0.15) is 48.3 Å². The van der Waals surface area contributed by atoms with Crippen molar-refractivity contribution in [3.8, 4) is 0 Å². The average molecular weight is 1360 g/mol. The van der Waals surface area contributed by atoms with E-state index < -0.39 is 6.10 Å². The first-order chi connectivity index (χ1) is 28.3. The fourth-order valence-electron chi connectivity index (χ4n) is 17.6. The van der Waals surface area contributed by atoms with Crippen LogP contribution in [0.3, 0.4) is 0 Å². The van der Waals surface area contributed by atoms with Gasteiger partial charge < -0.3 is 45.4 Å². The first-order valence-electron chi connectivity index (χ1n) is 25.4. The Hall–Kier alpha value is 5.48. The van der Waals surface area contributed by atoms with Gasteiger partial charge in [-0.05, 0) is 80.5 Å². The zero-order valence-electron chi connectivity index (χ0n) is 42.9. The van der Waals surface area contributed by atoms with Crippen LogP contribution in [-0.4, -0.2) is 47.1 Å². The Kier molecular flexibility index (Phi) is 27.5. The van der Waals surface area contributed by atoms with Crippen molar-refractivity contribution >= 4 is 11.9 Å². The molecule has 8 aliphatic carbocycles. The smallest absolute Gasteiger partial charge is 0.306 e. The van der Waals surface area contributed by atoms with Crippen molar-refractivity contribution in [2.45, 2.75) is 203 Å². The minimum Gasteiger partial charge on any atom is -0.462 e. The molecule has 12 heteroatoms. The third-order valence-electron chi connectivity index (χ3n) is 22.1. The van der Waals surface area contributed by atoms with E-state index in [1.54, 1.807) is 0 Å². The molecule has 0 heterocycles. The van der Waals surface area contributed by atoms with Crippen molar-refractivity contribution in [1.82, 2.24) is 0 Å². The number of hydrogen-bond acceptors (Lipinski definition) is 6. The maximum Gasteiger partial charge on any atom is 0.306 e. The van der Waals surface area contributed by atoms with Crippen LogP contribution in [0.4, 0.5) is 0 Å². The van der Waals surface area contributed by atoms with E-state index >= 15 is 0 Å². The molecule has 2 N–H and O–H groups in total. The van der Waals surface area contributed by atoms with Crippen molar-refractivity contribution in [2.24, 2.45) is 91.7 Å². The van der Waals surface area contributed by atoms with Crippen molar-refractivity contribution in [1.29, 1.82) is 0 Å². The molecule has 0 aliphatic heterocycles. The standard InChI is InChI=1S/C54H86O6.6Y/c1-10-40(60-48(58)22-12-35(3)42-18-20-44-46-16-14-37-32-39(56)24-26-52(37,7)54(46,9)30-28-50(42,44)5)33-59-47(57)21-11-34(2)41-17-19-43-45-15-13-36-31-38(55)23-25-51(36,6)53(45,8)29-27-49(41,43)4;;;;;;/h15-16,27-28,34-46,55-56H,10-14,17-26,29-33H2,1-9H3;;;;;;/q-4;;;;;;/t34-,35-,36?,37?,38-,39-,40?,41-,42-,43+,44+,45?,46?,49-,50-,51+,52+,53+,54+;;;;;;/m1....../s1. The predicted molar refractivity (Wildman–Crippen MR) is 238 cm³/mol. The summed E-state index contributed by atoms with van der Waals surface area (Å²) in [5.74, 6) is 5.41. The second-order valence-corrected chi connectivity index (χ2v) is 24.3. The minimum absolute atomic E-state index is 0. The normalized spacial score (nSPS) is 45.3. The van der Waals surface area contributed by atoms with Gasteiger partial charge in [0.15, 0.2) is 0 Å². The van der Waals surface area contributed by atoms with Crippen LogP contribution in [0.2, 0.25) is 0 Å². The summed E-state index contributed by atoms with van der Waals surface area (Å²) in [5.41, 5.74) is 1.46. The Balaban J connectivity index is 0.00000249. The number of carbonyl (C=O) groups is 2. The van der Waals surface area contributed by atoms with Crippen LogP contribution < -0.4 is 0 Å². The Labute approximate surface area is 554 Å². The summed E-state index contributed by atoms with van der Waals surface area (Å²) in [6, 6.07) is 0. The third kappa shape index (κ3) is 12.3. The van der Waals surface area contributed by atoms with E-state index in [1.807, 2.05) is 6.92 Å². The van der Waals surface area contributed by atoms with E-state index in [0.29, 0.717) is 78.4 Å². The van der Waals surface area contributed by atoms with Gasteiger partial charge in [-0.1, -0.05) is 134 Å². The molecule has 5 unspecified atom stereocenters. The van der Waals surface area contributed by atoms with Gasteiger partial charge in [0, 0.05) is 209 Å². The summed E-state index contributed by atoms with van der Waals surface area (Å²) in [6.07, 6.45) is 28.9. The monoisotopic (exact) mass is 1360 g/mol. The van der Waals surface area contributed by atoms with Gasteiger partial charge in [0.05, 0.1) is 12.2 Å². The minimum atomic E-state index is -0.402. The third-order valence-corrected chi connectivity index (χ3v) is 22.1. The molecule has 360 valence electrons. The molecule has 0 aromatic rings. The number of esters is 2. The van der Waals surface area contributed by atoms with E-state index in [2.05, 4.69) is 81.1 Å². The van der Waals surface area contributed by atoms with Crippen LogP contribution in [0.5, 0.6) is 0 Å². The average Bonchev–Trinajstić information content (AvgIpc) is 3.75. The first kappa shape index (κ1) is 67.6. The van der Waals surface area contributed by atoms with Crippen LogP contribution >= 0.6 is 0 Å².